The number of nitrogens with zero attached hydrogens (tertiary/aromatic N) is 5. The molecule has 2 aliphatic rings. The number of H-pyrrole nitrogens is 1. The summed E-state index contributed by atoms with van der Waals surface area (Å²) >= 11 is 0. The minimum atomic E-state index is 0.128. The van der Waals surface area contributed by atoms with Crippen LogP contribution in [0.1, 0.15) is 31.5 Å². The third kappa shape index (κ3) is 8.07. The quantitative estimate of drug-likeness (QED) is 0.311. The highest BCUT2D eigenvalue weighted by molar-refractivity contribution is 5.95. The number of fused-ring (bicyclic) bond motifs is 1. The first-order valence-electron chi connectivity index (χ1n) is 14.4. The number of pyridine rings is 1. The average Bonchev–Trinajstić information content (AvgIpc) is 3.62. The van der Waals surface area contributed by atoms with Crippen LogP contribution in [0.5, 0.6) is 5.75 Å². The minimum Gasteiger partial charge on any atom is -0.488 e. The van der Waals surface area contributed by atoms with Crippen LogP contribution >= 0.6 is 0 Å². The van der Waals surface area contributed by atoms with Crippen molar-refractivity contribution in [2.75, 3.05) is 67.1 Å². The fraction of sp³-hybridized carbons (Fsp3) is 0.424. The first-order valence-corrected chi connectivity index (χ1v) is 14.4. The fourth-order valence-corrected chi connectivity index (χ4v) is 5.05. The smallest absolute Gasteiger partial charge is 0.138 e. The second kappa shape index (κ2) is 14.8. The van der Waals surface area contributed by atoms with Crippen molar-refractivity contribution in [3.8, 4) is 22.9 Å². The highest BCUT2D eigenvalue weighted by atomic mass is 16.5. The summed E-state index contributed by atoms with van der Waals surface area (Å²) in [5.41, 5.74) is 6.81. The molecule has 0 spiro atoms. The number of nitriles is 1. The van der Waals surface area contributed by atoms with Crippen LogP contribution in [-0.4, -0.2) is 104 Å². The van der Waals surface area contributed by atoms with Crippen molar-refractivity contribution >= 4 is 22.9 Å². The predicted octanol–water partition coefficient (Wildman–Crippen LogP) is 4.57. The fourth-order valence-electron chi connectivity index (χ4n) is 5.05. The number of aromatic nitrogens is 2. The predicted molar refractivity (Wildman–Crippen MR) is 167 cm³/mol. The van der Waals surface area contributed by atoms with E-state index in [0.29, 0.717) is 17.9 Å². The van der Waals surface area contributed by atoms with E-state index in [0.717, 1.165) is 85.5 Å². The Balaban J connectivity index is 0.000000612. The van der Waals surface area contributed by atoms with Crippen LogP contribution < -0.4 is 4.74 Å². The normalized spacial score (nSPS) is 18.1. The number of nitrogens with one attached hydrogen (secondary N) is 1. The summed E-state index contributed by atoms with van der Waals surface area (Å²) in [4.78, 5) is 24.0. The number of carbonyl (C=O) groups is 1. The maximum Gasteiger partial charge on any atom is 0.138 e. The highest BCUT2D eigenvalue weighted by Gasteiger charge is 2.22. The van der Waals surface area contributed by atoms with Gasteiger partial charge in [-0.3, -0.25) is 0 Å². The Kier molecular flexibility index (Phi) is 10.9. The monoisotopic (exact) mass is 570 g/mol. The largest absolute Gasteiger partial charge is 0.488 e. The number of hydrogen-bond acceptors (Lipinski definition) is 8. The Hall–Kier alpha value is -3.97. The van der Waals surface area contributed by atoms with Crippen LogP contribution in [0.3, 0.4) is 0 Å². The Morgan fingerprint density at radius 2 is 1.98 bits per heavy atom. The van der Waals surface area contributed by atoms with Gasteiger partial charge < -0.3 is 34.0 Å². The van der Waals surface area contributed by atoms with E-state index < -0.39 is 0 Å². The molecule has 1 aromatic carbocycles. The molecule has 0 saturated carbocycles. The third-order valence-corrected chi connectivity index (χ3v) is 7.53. The van der Waals surface area contributed by atoms with Gasteiger partial charge in [-0.15, -0.1) is 0 Å². The second-order valence-corrected chi connectivity index (χ2v) is 11.1. The van der Waals surface area contributed by atoms with Gasteiger partial charge in [0.15, 0.2) is 0 Å². The highest BCUT2D eigenvalue weighted by Crippen LogP contribution is 2.33. The van der Waals surface area contributed by atoms with Gasteiger partial charge in [-0.05, 0) is 88.5 Å². The number of likely N-dealkylation sites (N-methyl/N-ethyl adjacent to an activating group) is 2. The molecule has 2 saturated heterocycles. The topological polar surface area (TPSA) is 97.7 Å². The number of ether oxygens (including phenoxy) is 2. The maximum atomic E-state index is 9.82. The lowest BCUT2D eigenvalue weighted by atomic mass is 10.0. The van der Waals surface area contributed by atoms with Gasteiger partial charge in [-0.1, -0.05) is 12.1 Å². The van der Waals surface area contributed by atoms with Crippen molar-refractivity contribution in [2.24, 2.45) is 0 Å². The van der Waals surface area contributed by atoms with Crippen molar-refractivity contribution in [2.45, 2.75) is 26.4 Å². The molecule has 5 rings (SSSR count). The van der Waals surface area contributed by atoms with E-state index in [-0.39, 0.29) is 6.10 Å². The number of likely N-dealkylation sites (tertiary alicyclic amines) is 1. The summed E-state index contributed by atoms with van der Waals surface area (Å²) in [7, 11) is 5.80. The Morgan fingerprint density at radius 1 is 1.19 bits per heavy atom. The molecule has 0 radical (unpaired) electrons. The Bertz CT molecular complexity index is 1460. The SMILES string of the molecule is C/C(=C\C=C(/C)N1CCOCC1)c1cc2c(-c3ccc(OC4CCN(C)C4)c(C#N)c3)ccnc2[nH]1.CN(C)CC=O. The van der Waals surface area contributed by atoms with Crippen molar-refractivity contribution in [1.82, 2.24) is 24.7 Å². The van der Waals surface area contributed by atoms with Gasteiger partial charge in [0.05, 0.1) is 25.3 Å². The van der Waals surface area contributed by atoms with Crippen LogP contribution in [0.4, 0.5) is 0 Å². The molecule has 3 aromatic rings. The molecule has 2 aromatic heterocycles. The summed E-state index contributed by atoms with van der Waals surface area (Å²) in [6.07, 6.45) is 8.11. The van der Waals surface area contributed by atoms with E-state index in [9.17, 15) is 10.1 Å². The van der Waals surface area contributed by atoms with E-state index in [1.807, 2.05) is 49.5 Å². The lowest BCUT2D eigenvalue weighted by Gasteiger charge is -2.29. The minimum absolute atomic E-state index is 0.128. The molecular formula is C33H42N6O3. The van der Waals surface area contributed by atoms with Crippen LogP contribution in [0, 0.1) is 11.3 Å². The van der Waals surface area contributed by atoms with Crippen LogP contribution in [0.2, 0.25) is 0 Å². The van der Waals surface area contributed by atoms with Crippen molar-refractivity contribution in [3.05, 3.63) is 65.6 Å². The molecule has 222 valence electrons. The summed E-state index contributed by atoms with van der Waals surface area (Å²) in [6.45, 7) is 10.1. The van der Waals surface area contributed by atoms with Gasteiger partial charge in [-0.25, -0.2) is 4.98 Å². The molecule has 1 unspecified atom stereocenters. The van der Waals surface area contributed by atoms with Crippen LogP contribution in [0.25, 0.3) is 27.7 Å². The average molecular weight is 571 g/mol. The number of carbonyl (C=O) groups excluding carboxylic acids is 1. The second-order valence-electron chi connectivity index (χ2n) is 11.1. The molecule has 0 bridgehead atoms. The van der Waals surface area contributed by atoms with Gasteiger partial charge in [0.1, 0.15) is 29.9 Å². The molecule has 9 nitrogen and oxygen atoms in total. The summed E-state index contributed by atoms with van der Waals surface area (Å²) in [5.74, 6) is 0.655. The zero-order valence-corrected chi connectivity index (χ0v) is 25.4. The molecule has 2 aliphatic heterocycles. The molecule has 9 heteroatoms. The summed E-state index contributed by atoms with van der Waals surface area (Å²) in [5, 5.41) is 10.9. The Labute approximate surface area is 249 Å². The summed E-state index contributed by atoms with van der Waals surface area (Å²) < 4.78 is 11.6. The first kappa shape index (κ1) is 31.0. The lowest BCUT2D eigenvalue weighted by Crippen LogP contribution is -2.34. The number of aromatic amines is 1. The molecule has 42 heavy (non-hydrogen) atoms. The maximum absolute atomic E-state index is 9.82. The molecule has 2 fully saturated rings. The Morgan fingerprint density at radius 3 is 2.62 bits per heavy atom. The molecule has 1 atom stereocenters. The van der Waals surface area contributed by atoms with Gasteiger partial charge in [-0.2, -0.15) is 5.26 Å². The summed E-state index contributed by atoms with van der Waals surface area (Å²) in [6, 6.07) is 12.4. The van der Waals surface area contributed by atoms with E-state index in [1.165, 1.54) is 5.70 Å². The molecule has 4 heterocycles. The zero-order valence-electron chi connectivity index (χ0n) is 25.4. The van der Waals surface area contributed by atoms with Crippen LogP contribution in [-0.2, 0) is 9.53 Å². The third-order valence-electron chi connectivity index (χ3n) is 7.53. The lowest BCUT2D eigenvalue weighted by molar-refractivity contribution is -0.108. The molecule has 0 amide bonds. The first-order chi connectivity index (χ1) is 20.3. The van der Waals surface area contributed by atoms with Crippen molar-refractivity contribution in [3.63, 3.8) is 0 Å². The zero-order chi connectivity index (χ0) is 30.1. The van der Waals surface area contributed by atoms with Gasteiger partial charge in [0.25, 0.3) is 0 Å². The van der Waals surface area contributed by atoms with Gasteiger partial charge in [0.2, 0.25) is 0 Å². The number of rotatable bonds is 8. The van der Waals surface area contributed by atoms with Crippen molar-refractivity contribution in [1.29, 1.82) is 5.26 Å². The standard InChI is InChI=1S/C29H33N5O2.C4H9NO/c1-20(4-5-21(2)34-12-14-35-15-13-34)27-17-26-25(8-10-31-29(26)32-27)22-6-7-28(23(16-22)18-30)36-24-9-11-33(3)19-24;1-5(2)3-4-6/h4-8,10,16-17,24H,9,11-15,19H2,1-3H3,(H,31,32);4H,3H2,1-2H3/b20-4+,21-5+;. The number of aldehydes is 1. The van der Waals surface area contributed by atoms with E-state index >= 15 is 0 Å². The number of morpholine rings is 1. The molecular weight excluding hydrogens is 528 g/mol. The van der Waals surface area contributed by atoms with Gasteiger partial charge in [0, 0.05) is 49.2 Å². The number of allylic oxidation sites excluding steroid dienone is 4. The van der Waals surface area contributed by atoms with E-state index in [1.54, 1.807) is 0 Å². The van der Waals surface area contributed by atoms with E-state index in [4.69, 9.17) is 9.47 Å². The number of benzene rings is 1. The van der Waals surface area contributed by atoms with Crippen molar-refractivity contribution < 1.29 is 14.3 Å². The molecule has 0 aliphatic carbocycles. The van der Waals surface area contributed by atoms with Crippen LogP contribution in [0.15, 0.2) is 54.4 Å². The van der Waals surface area contributed by atoms with Gasteiger partial charge >= 0.3 is 0 Å². The molecule has 1 N–H and O–H groups in total. The van der Waals surface area contributed by atoms with E-state index in [2.05, 4.69) is 65.0 Å². The number of hydrogen-bond donors (Lipinski definition) is 1.